The Morgan fingerprint density at radius 1 is 1.09 bits per heavy atom. The fraction of sp³-hybridized carbons (Fsp3) is 0. The van der Waals surface area contributed by atoms with Crippen LogP contribution in [0.3, 0.4) is 0 Å². The lowest BCUT2D eigenvalue weighted by Gasteiger charge is -2.01. The van der Waals surface area contributed by atoms with Gasteiger partial charge in [0, 0.05) is 5.56 Å². The molecule has 0 radical (unpaired) electrons. The Labute approximate surface area is 129 Å². The molecule has 0 saturated carbocycles. The molecule has 1 N–H and O–H groups in total. The molecule has 2 aromatic carbocycles. The number of nitrogens with zero attached hydrogens (tertiary/aromatic N) is 3. The number of aromatic nitrogens is 3. The van der Waals surface area contributed by atoms with Crippen LogP contribution in [0.1, 0.15) is 5.56 Å². The molecule has 0 spiro atoms. The van der Waals surface area contributed by atoms with Gasteiger partial charge in [0.2, 0.25) is 4.77 Å². The summed E-state index contributed by atoms with van der Waals surface area (Å²) in [5.74, 6) is -0.305. The maximum absolute atomic E-state index is 13.3. The highest BCUT2D eigenvalue weighted by atomic mass is 32.1. The number of benzene rings is 2. The molecular weight excluding hydrogens is 306 g/mol. The Morgan fingerprint density at radius 3 is 2.59 bits per heavy atom. The number of hydrogen-bond acceptors (Lipinski definition) is 3. The molecule has 1 aromatic heterocycles. The van der Waals surface area contributed by atoms with E-state index in [0.717, 1.165) is 0 Å². The van der Waals surface area contributed by atoms with Gasteiger partial charge in [-0.25, -0.2) is 13.9 Å². The summed E-state index contributed by atoms with van der Waals surface area (Å²) in [5.41, 5.74) is 1.25. The molecule has 7 heteroatoms. The van der Waals surface area contributed by atoms with Crippen molar-refractivity contribution in [3.05, 3.63) is 70.5 Å². The quantitative estimate of drug-likeness (QED) is 0.590. The Bertz CT molecular complexity index is 881. The lowest BCUT2D eigenvalue weighted by atomic mass is 10.2. The number of halogens is 2. The third-order valence-corrected chi connectivity index (χ3v) is 3.19. The van der Waals surface area contributed by atoms with Gasteiger partial charge < -0.3 is 0 Å². The maximum Gasteiger partial charge on any atom is 0.216 e. The molecule has 0 amide bonds. The van der Waals surface area contributed by atoms with Crippen LogP contribution >= 0.6 is 12.2 Å². The van der Waals surface area contributed by atoms with Crippen LogP contribution in [-0.2, 0) is 0 Å². The lowest BCUT2D eigenvalue weighted by Crippen LogP contribution is -1.95. The van der Waals surface area contributed by atoms with Crippen LogP contribution in [0.5, 0.6) is 0 Å². The summed E-state index contributed by atoms with van der Waals surface area (Å²) < 4.78 is 27.9. The molecule has 0 fully saturated rings. The average molecular weight is 316 g/mol. The first-order chi connectivity index (χ1) is 10.6. The highest BCUT2D eigenvalue weighted by molar-refractivity contribution is 7.71. The summed E-state index contributed by atoms with van der Waals surface area (Å²) in [5, 5.41) is 10.9. The van der Waals surface area contributed by atoms with Gasteiger partial charge in [-0.3, -0.25) is 0 Å². The monoisotopic (exact) mass is 316 g/mol. The summed E-state index contributed by atoms with van der Waals surface area (Å²) in [6.07, 6.45) is 1.52. The first-order valence-corrected chi connectivity index (χ1v) is 6.77. The molecular formula is C15H10F2N4S. The van der Waals surface area contributed by atoms with Crippen molar-refractivity contribution < 1.29 is 8.78 Å². The van der Waals surface area contributed by atoms with E-state index in [1.807, 2.05) is 0 Å². The van der Waals surface area contributed by atoms with E-state index < -0.39 is 0 Å². The van der Waals surface area contributed by atoms with Crippen LogP contribution in [0.2, 0.25) is 0 Å². The van der Waals surface area contributed by atoms with Gasteiger partial charge in [-0.1, -0.05) is 24.3 Å². The molecule has 0 aliphatic rings. The first-order valence-electron chi connectivity index (χ1n) is 6.37. The number of rotatable bonds is 3. The van der Waals surface area contributed by atoms with Crippen molar-refractivity contribution in [1.29, 1.82) is 0 Å². The van der Waals surface area contributed by atoms with Crippen LogP contribution in [-0.4, -0.2) is 21.1 Å². The molecule has 0 unspecified atom stereocenters. The van der Waals surface area contributed by atoms with Crippen molar-refractivity contribution in [2.45, 2.75) is 0 Å². The third-order valence-electron chi connectivity index (χ3n) is 2.93. The van der Waals surface area contributed by atoms with Crippen LogP contribution < -0.4 is 0 Å². The highest BCUT2D eigenvalue weighted by Gasteiger charge is 2.08. The van der Waals surface area contributed by atoms with E-state index in [-0.39, 0.29) is 16.4 Å². The minimum Gasteiger partial charge on any atom is -0.250 e. The molecule has 110 valence electrons. The fourth-order valence-electron chi connectivity index (χ4n) is 1.89. The predicted molar refractivity (Wildman–Crippen MR) is 82.2 cm³/mol. The number of nitrogens with one attached hydrogen (secondary N) is 1. The van der Waals surface area contributed by atoms with Gasteiger partial charge in [0.05, 0.1) is 6.21 Å². The van der Waals surface area contributed by atoms with Gasteiger partial charge in [0.1, 0.15) is 11.6 Å². The molecule has 0 aliphatic heterocycles. The third kappa shape index (κ3) is 2.99. The first kappa shape index (κ1) is 14.3. The van der Waals surface area contributed by atoms with Gasteiger partial charge in [-0.15, -0.1) is 0 Å². The van der Waals surface area contributed by atoms with E-state index >= 15 is 0 Å². The zero-order valence-electron chi connectivity index (χ0n) is 11.2. The fourth-order valence-corrected chi connectivity index (χ4v) is 2.07. The second-order valence-electron chi connectivity index (χ2n) is 4.47. The van der Waals surface area contributed by atoms with E-state index in [0.29, 0.717) is 17.0 Å². The zero-order chi connectivity index (χ0) is 15.5. The topological polar surface area (TPSA) is 46.0 Å². The van der Waals surface area contributed by atoms with E-state index in [1.165, 1.54) is 35.2 Å². The second-order valence-corrected chi connectivity index (χ2v) is 4.86. The lowest BCUT2D eigenvalue weighted by molar-refractivity contribution is 0.627. The van der Waals surface area contributed by atoms with Gasteiger partial charge >= 0.3 is 0 Å². The molecule has 0 saturated heterocycles. The Balaban J connectivity index is 1.99. The van der Waals surface area contributed by atoms with E-state index in [1.54, 1.807) is 24.3 Å². The Hall–Kier alpha value is -2.67. The van der Waals surface area contributed by atoms with Crippen LogP contribution in [0, 0.1) is 16.4 Å². The second kappa shape index (κ2) is 5.98. The number of aromatic amines is 1. The largest absolute Gasteiger partial charge is 0.250 e. The van der Waals surface area contributed by atoms with Gasteiger partial charge in [-0.2, -0.15) is 14.9 Å². The zero-order valence-corrected chi connectivity index (χ0v) is 12.0. The smallest absolute Gasteiger partial charge is 0.216 e. The van der Waals surface area contributed by atoms with E-state index in [2.05, 4.69) is 15.3 Å². The summed E-state index contributed by atoms with van der Waals surface area (Å²) in [6, 6.07) is 11.8. The normalized spacial score (nSPS) is 11.2. The predicted octanol–water partition coefficient (Wildman–Crippen LogP) is 3.77. The van der Waals surface area contributed by atoms with E-state index in [9.17, 15) is 8.78 Å². The Kier molecular flexibility index (Phi) is 3.88. The molecule has 4 nitrogen and oxygen atoms in total. The van der Waals surface area contributed by atoms with Crippen molar-refractivity contribution in [2.24, 2.45) is 5.10 Å². The molecule has 22 heavy (non-hydrogen) atoms. The molecule has 0 aliphatic carbocycles. The molecule has 3 rings (SSSR count). The summed E-state index contributed by atoms with van der Waals surface area (Å²) >= 11 is 5.12. The number of hydrogen-bond donors (Lipinski definition) is 1. The number of H-pyrrole nitrogens is 1. The standard InChI is InChI=1S/C15H10F2N4S/c16-12-6-4-10(5-7-12)9-18-21-14(19-20-15(21)22)11-2-1-3-13(17)8-11/h1-9H,(H,20,22)/b18-9+. The van der Waals surface area contributed by atoms with Crippen molar-refractivity contribution in [3.8, 4) is 11.4 Å². The molecule has 0 bridgehead atoms. The minimum absolute atomic E-state index is 0.276. The van der Waals surface area contributed by atoms with Gasteiger partial charge in [-0.05, 0) is 42.0 Å². The summed E-state index contributed by atoms with van der Waals surface area (Å²) in [4.78, 5) is 0. The van der Waals surface area contributed by atoms with Crippen molar-refractivity contribution in [1.82, 2.24) is 14.9 Å². The van der Waals surface area contributed by atoms with Gasteiger partial charge in [0.25, 0.3) is 0 Å². The molecule has 1 heterocycles. The minimum atomic E-state index is -0.375. The van der Waals surface area contributed by atoms with Gasteiger partial charge in [0.15, 0.2) is 5.82 Å². The van der Waals surface area contributed by atoms with Crippen molar-refractivity contribution in [2.75, 3.05) is 0 Å². The van der Waals surface area contributed by atoms with E-state index in [4.69, 9.17) is 12.2 Å². The SMILES string of the molecule is Fc1ccc(/C=N/n2c(-c3cccc(F)c3)n[nH]c2=S)cc1. The maximum atomic E-state index is 13.3. The van der Waals surface area contributed by atoms with Crippen molar-refractivity contribution >= 4 is 18.4 Å². The summed E-state index contributed by atoms with van der Waals surface area (Å²) in [7, 11) is 0. The molecule has 0 atom stereocenters. The van der Waals surface area contributed by atoms with Crippen LogP contribution in [0.25, 0.3) is 11.4 Å². The summed E-state index contributed by atoms with van der Waals surface area (Å²) in [6.45, 7) is 0. The Morgan fingerprint density at radius 2 is 1.86 bits per heavy atom. The molecule has 3 aromatic rings. The van der Waals surface area contributed by atoms with Crippen LogP contribution in [0.4, 0.5) is 8.78 Å². The highest BCUT2D eigenvalue weighted by Crippen LogP contribution is 2.18. The van der Waals surface area contributed by atoms with Crippen molar-refractivity contribution in [3.63, 3.8) is 0 Å². The van der Waals surface area contributed by atoms with Crippen LogP contribution in [0.15, 0.2) is 53.6 Å². The average Bonchev–Trinajstić information content (AvgIpc) is 2.88.